The van der Waals surface area contributed by atoms with Crippen molar-refractivity contribution in [2.24, 2.45) is 0 Å². The van der Waals surface area contributed by atoms with Gasteiger partial charge in [-0.3, -0.25) is 14.3 Å². The molecule has 7 nitrogen and oxygen atoms in total. The molecule has 0 unspecified atom stereocenters. The normalized spacial score (nSPS) is 10.5. The quantitative estimate of drug-likeness (QED) is 0.628. The van der Waals surface area contributed by atoms with E-state index in [-0.39, 0.29) is 17.6 Å². The molecule has 2 aromatic carbocycles. The van der Waals surface area contributed by atoms with E-state index in [2.05, 4.69) is 20.7 Å². The maximum atomic E-state index is 12.9. The minimum atomic E-state index is -0.314. The number of nitrogens with one attached hydrogen (secondary N) is 2. The van der Waals surface area contributed by atoms with E-state index in [1.54, 1.807) is 47.4 Å². The van der Waals surface area contributed by atoms with Crippen LogP contribution in [-0.2, 0) is 17.9 Å². The topological polar surface area (TPSA) is 88.9 Å². The summed E-state index contributed by atoms with van der Waals surface area (Å²) in [5, 5.41) is 9.55. The first kappa shape index (κ1) is 19.2. The average Bonchev–Trinajstić information content (AvgIpc) is 3.21. The molecular weight excluding hydrogens is 361 g/mol. The van der Waals surface area contributed by atoms with Gasteiger partial charge in [0.25, 0.3) is 5.91 Å². The van der Waals surface area contributed by atoms with E-state index < -0.39 is 0 Å². The summed E-state index contributed by atoms with van der Waals surface area (Å²) in [6, 6.07) is 12.6. The molecule has 3 rings (SSSR count). The zero-order valence-electron chi connectivity index (χ0n) is 15.1. The van der Waals surface area contributed by atoms with E-state index in [9.17, 15) is 14.0 Å². The molecule has 0 aliphatic heterocycles. The maximum Gasteiger partial charge on any atom is 0.251 e. The van der Waals surface area contributed by atoms with Crippen molar-refractivity contribution in [1.82, 2.24) is 20.1 Å². The molecule has 0 spiro atoms. The van der Waals surface area contributed by atoms with E-state index in [1.807, 2.05) is 0 Å². The Kier molecular flexibility index (Phi) is 6.46. The average molecular weight is 381 g/mol. The van der Waals surface area contributed by atoms with Crippen molar-refractivity contribution in [2.45, 2.75) is 25.9 Å². The number of hydrogen-bond acceptors (Lipinski definition) is 4. The number of nitrogens with zero attached hydrogens (tertiary/aromatic N) is 3. The van der Waals surface area contributed by atoms with Gasteiger partial charge in [0, 0.05) is 30.8 Å². The van der Waals surface area contributed by atoms with E-state index in [0.717, 1.165) is 5.56 Å². The standard InChI is InChI=1S/C20H20FN5O2/c21-17-7-3-15(4-8-17)12-23-20(28)16-5-9-18(10-6-16)25-19(27)2-1-11-26-14-22-13-24-26/h3-10,13-14H,1-2,11-12H2,(H,23,28)(H,25,27). The lowest BCUT2D eigenvalue weighted by atomic mass is 10.1. The third-order valence-electron chi connectivity index (χ3n) is 4.05. The van der Waals surface area contributed by atoms with E-state index in [1.165, 1.54) is 18.5 Å². The van der Waals surface area contributed by atoms with Gasteiger partial charge in [-0.25, -0.2) is 9.37 Å². The summed E-state index contributed by atoms with van der Waals surface area (Å²) in [4.78, 5) is 28.0. The summed E-state index contributed by atoms with van der Waals surface area (Å²) in [7, 11) is 0. The SMILES string of the molecule is O=C(CCCn1cncn1)Nc1ccc(C(=O)NCc2ccc(F)cc2)cc1. The zero-order chi connectivity index (χ0) is 19.8. The lowest BCUT2D eigenvalue weighted by Gasteiger charge is -2.08. The molecule has 0 aliphatic rings. The Morgan fingerprint density at radius 3 is 2.46 bits per heavy atom. The lowest BCUT2D eigenvalue weighted by Crippen LogP contribution is -2.22. The van der Waals surface area contributed by atoms with Crippen LogP contribution < -0.4 is 10.6 Å². The Morgan fingerprint density at radius 2 is 1.79 bits per heavy atom. The second kappa shape index (κ2) is 9.40. The van der Waals surface area contributed by atoms with Crippen molar-refractivity contribution in [3.8, 4) is 0 Å². The summed E-state index contributed by atoms with van der Waals surface area (Å²) in [6.45, 7) is 0.934. The number of halogens is 1. The van der Waals surface area contributed by atoms with Gasteiger partial charge < -0.3 is 10.6 Å². The van der Waals surface area contributed by atoms with Crippen molar-refractivity contribution in [1.29, 1.82) is 0 Å². The van der Waals surface area contributed by atoms with Crippen molar-refractivity contribution in [2.75, 3.05) is 5.32 Å². The van der Waals surface area contributed by atoms with Gasteiger partial charge >= 0.3 is 0 Å². The number of anilines is 1. The molecule has 0 radical (unpaired) electrons. The molecule has 0 saturated carbocycles. The van der Waals surface area contributed by atoms with Crippen molar-refractivity contribution >= 4 is 17.5 Å². The number of aryl methyl sites for hydroxylation is 1. The fourth-order valence-corrected chi connectivity index (χ4v) is 2.56. The minimum Gasteiger partial charge on any atom is -0.348 e. The molecule has 0 aliphatic carbocycles. The summed E-state index contributed by atoms with van der Waals surface area (Å²) in [5.41, 5.74) is 1.91. The van der Waals surface area contributed by atoms with Crippen LogP contribution >= 0.6 is 0 Å². The number of amides is 2. The second-order valence-electron chi connectivity index (χ2n) is 6.20. The molecule has 2 amide bonds. The molecule has 0 atom stereocenters. The number of carbonyl (C=O) groups is 2. The highest BCUT2D eigenvalue weighted by Gasteiger charge is 2.07. The van der Waals surface area contributed by atoms with Gasteiger partial charge in [-0.15, -0.1) is 0 Å². The Morgan fingerprint density at radius 1 is 1.04 bits per heavy atom. The fourth-order valence-electron chi connectivity index (χ4n) is 2.56. The first-order valence-electron chi connectivity index (χ1n) is 8.85. The van der Waals surface area contributed by atoms with Gasteiger partial charge in [-0.2, -0.15) is 5.10 Å². The van der Waals surface area contributed by atoms with Crippen LogP contribution in [0.5, 0.6) is 0 Å². The lowest BCUT2D eigenvalue weighted by molar-refractivity contribution is -0.116. The predicted octanol–water partition coefficient (Wildman–Crippen LogP) is 2.77. The Hall–Kier alpha value is -3.55. The van der Waals surface area contributed by atoms with Gasteiger partial charge in [0.15, 0.2) is 0 Å². The Bertz CT molecular complexity index is 909. The first-order valence-corrected chi connectivity index (χ1v) is 8.85. The molecule has 0 saturated heterocycles. The van der Waals surface area contributed by atoms with E-state index in [0.29, 0.717) is 37.2 Å². The number of aromatic nitrogens is 3. The zero-order valence-corrected chi connectivity index (χ0v) is 15.1. The Balaban J connectivity index is 1.43. The van der Waals surface area contributed by atoms with E-state index in [4.69, 9.17) is 0 Å². The first-order chi connectivity index (χ1) is 13.6. The fraction of sp³-hybridized carbons (Fsp3) is 0.200. The highest BCUT2D eigenvalue weighted by molar-refractivity contribution is 5.95. The van der Waals surface area contributed by atoms with Crippen LogP contribution in [0.2, 0.25) is 0 Å². The highest BCUT2D eigenvalue weighted by atomic mass is 19.1. The molecule has 28 heavy (non-hydrogen) atoms. The van der Waals surface area contributed by atoms with Crippen molar-refractivity contribution in [3.63, 3.8) is 0 Å². The smallest absolute Gasteiger partial charge is 0.251 e. The van der Waals surface area contributed by atoms with Gasteiger partial charge in [-0.1, -0.05) is 12.1 Å². The molecule has 3 aromatic rings. The summed E-state index contributed by atoms with van der Waals surface area (Å²) in [5.74, 6) is -0.658. The summed E-state index contributed by atoms with van der Waals surface area (Å²) < 4.78 is 14.6. The second-order valence-corrected chi connectivity index (χ2v) is 6.20. The third-order valence-corrected chi connectivity index (χ3v) is 4.05. The third kappa shape index (κ3) is 5.73. The molecule has 1 heterocycles. The molecule has 2 N–H and O–H groups in total. The van der Waals surface area contributed by atoms with Gasteiger partial charge in [0.2, 0.25) is 5.91 Å². The van der Waals surface area contributed by atoms with Crippen LogP contribution in [0.4, 0.5) is 10.1 Å². The van der Waals surface area contributed by atoms with E-state index >= 15 is 0 Å². The minimum absolute atomic E-state index is 0.103. The molecular formula is C20H20FN5O2. The summed E-state index contributed by atoms with van der Waals surface area (Å²) in [6.07, 6.45) is 4.08. The number of hydrogen-bond donors (Lipinski definition) is 2. The highest BCUT2D eigenvalue weighted by Crippen LogP contribution is 2.11. The van der Waals surface area contributed by atoms with Gasteiger partial charge in [-0.05, 0) is 48.4 Å². The summed E-state index contributed by atoms with van der Waals surface area (Å²) >= 11 is 0. The van der Waals surface area contributed by atoms with Gasteiger partial charge in [0.1, 0.15) is 18.5 Å². The number of benzene rings is 2. The number of carbonyl (C=O) groups excluding carboxylic acids is 2. The number of rotatable bonds is 8. The van der Waals surface area contributed by atoms with Crippen molar-refractivity contribution in [3.05, 3.63) is 78.1 Å². The largest absolute Gasteiger partial charge is 0.348 e. The predicted molar refractivity (Wildman–Crippen MR) is 102 cm³/mol. The van der Waals surface area contributed by atoms with Crippen LogP contribution in [0.3, 0.4) is 0 Å². The Labute approximate surface area is 161 Å². The maximum absolute atomic E-state index is 12.9. The van der Waals surface area contributed by atoms with Crippen LogP contribution in [-0.4, -0.2) is 26.6 Å². The monoisotopic (exact) mass is 381 g/mol. The van der Waals surface area contributed by atoms with Crippen LogP contribution in [0.25, 0.3) is 0 Å². The molecule has 0 bridgehead atoms. The van der Waals surface area contributed by atoms with Crippen LogP contribution in [0.15, 0.2) is 61.2 Å². The molecule has 0 fully saturated rings. The molecule has 1 aromatic heterocycles. The van der Waals surface area contributed by atoms with Crippen LogP contribution in [0, 0.1) is 5.82 Å². The van der Waals surface area contributed by atoms with Crippen LogP contribution in [0.1, 0.15) is 28.8 Å². The molecule has 144 valence electrons. The molecule has 8 heteroatoms. The van der Waals surface area contributed by atoms with Crippen molar-refractivity contribution < 1.29 is 14.0 Å². The van der Waals surface area contributed by atoms with Gasteiger partial charge in [0.05, 0.1) is 0 Å².